The molecule has 1 unspecified atom stereocenters. The van der Waals surface area contributed by atoms with Crippen molar-refractivity contribution < 1.29 is 14.0 Å². The van der Waals surface area contributed by atoms with E-state index in [-0.39, 0.29) is 11.3 Å². The van der Waals surface area contributed by atoms with Gasteiger partial charge in [0.15, 0.2) is 5.78 Å². The van der Waals surface area contributed by atoms with Gasteiger partial charge in [0.1, 0.15) is 11.3 Å². The van der Waals surface area contributed by atoms with Gasteiger partial charge in [-0.05, 0) is 50.2 Å². The highest BCUT2D eigenvalue weighted by Gasteiger charge is 2.33. The summed E-state index contributed by atoms with van der Waals surface area (Å²) < 4.78 is 8.02. The molecule has 1 atom stereocenters. The Balaban J connectivity index is 1.79. The van der Waals surface area contributed by atoms with Crippen LogP contribution >= 0.6 is 15.9 Å². The maximum atomic E-state index is 13.0. The summed E-state index contributed by atoms with van der Waals surface area (Å²) in [7, 11) is 0. The van der Waals surface area contributed by atoms with Crippen LogP contribution in [0.25, 0.3) is 27.9 Å². The van der Waals surface area contributed by atoms with Crippen LogP contribution in [0.3, 0.4) is 0 Å². The van der Waals surface area contributed by atoms with Gasteiger partial charge in [-0.1, -0.05) is 34.1 Å². The Kier molecular flexibility index (Phi) is 5.41. The lowest BCUT2D eigenvalue weighted by Gasteiger charge is -2.27. The monoisotopic (exact) mass is 518 g/mol. The summed E-state index contributed by atoms with van der Waals surface area (Å²) in [5.74, 6) is -0.206. The quantitative estimate of drug-likeness (QED) is 0.383. The second-order valence-electron chi connectivity index (χ2n) is 7.97. The van der Waals surface area contributed by atoms with Crippen molar-refractivity contribution in [3.05, 3.63) is 92.5 Å². The lowest BCUT2D eigenvalue weighted by Crippen LogP contribution is -2.44. The zero-order valence-electron chi connectivity index (χ0n) is 18.3. The summed E-state index contributed by atoms with van der Waals surface area (Å²) in [6.07, 6.45) is 1.72. The summed E-state index contributed by atoms with van der Waals surface area (Å²) in [6, 6.07) is 15.2. The molecule has 1 aliphatic heterocycles. The van der Waals surface area contributed by atoms with Crippen LogP contribution in [0.1, 0.15) is 25.5 Å². The summed E-state index contributed by atoms with van der Waals surface area (Å²) in [4.78, 5) is 37.9. The number of nitrogens with one attached hydrogen (secondary N) is 2. The fraction of sp³-hybridized carbons (Fsp3) is 0.120. The number of hydrogen-bond donors (Lipinski definition) is 2. The van der Waals surface area contributed by atoms with E-state index in [1.54, 1.807) is 36.0 Å². The summed E-state index contributed by atoms with van der Waals surface area (Å²) in [5.41, 5.74) is 2.52. The van der Waals surface area contributed by atoms with Crippen molar-refractivity contribution in [2.45, 2.75) is 19.9 Å². The van der Waals surface area contributed by atoms with Crippen molar-refractivity contribution in [2.24, 2.45) is 0 Å². The summed E-state index contributed by atoms with van der Waals surface area (Å²) in [6.45, 7) is 3.11. The maximum Gasteiger partial charge on any atom is 0.345 e. The van der Waals surface area contributed by atoms with Gasteiger partial charge in [0.05, 0.1) is 17.3 Å². The Morgan fingerprint density at radius 2 is 1.88 bits per heavy atom. The van der Waals surface area contributed by atoms with Gasteiger partial charge >= 0.3 is 11.7 Å². The number of ketones is 1. The van der Waals surface area contributed by atoms with E-state index in [1.165, 1.54) is 6.92 Å². The number of halogens is 1. The third-order valence-electron chi connectivity index (χ3n) is 5.67. The average Bonchev–Trinajstić information content (AvgIpc) is 3.24. The molecular formula is C25H19BrN4O4. The number of para-hydroxylation sites is 1. The lowest BCUT2D eigenvalue weighted by atomic mass is 9.92. The zero-order valence-corrected chi connectivity index (χ0v) is 19.8. The zero-order chi connectivity index (χ0) is 24.0. The first-order chi connectivity index (χ1) is 16.3. The first kappa shape index (κ1) is 21.8. The van der Waals surface area contributed by atoms with Crippen molar-refractivity contribution in [1.29, 1.82) is 0 Å². The van der Waals surface area contributed by atoms with E-state index >= 15 is 0 Å². The summed E-state index contributed by atoms with van der Waals surface area (Å²) >= 11 is 3.44. The number of carbonyl (C=O) groups excluding carboxylic acids is 2. The number of nitrogens with zero attached hydrogens (tertiary/aromatic N) is 2. The lowest BCUT2D eigenvalue weighted by molar-refractivity contribution is -0.114. The molecule has 2 N–H and O–H groups in total. The number of Topliss-reactive ketones (excluding diaryl/α,β-unsaturated/α-hetero) is 1. The first-order valence-electron chi connectivity index (χ1n) is 10.5. The van der Waals surface area contributed by atoms with Gasteiger partial charge in [-0.25, -0.2) is 14.3 Å². The molecule has 2 aromatic heterocycles. The number of carbonyl (C=O) groups is 2. The van der Waals surface area contributed by atoms with Gasteiger partial charge < -0.3 is 15.1 Å². The topological polar surface area (TPSA) is 106 Å². The van der Waals surface area contributed by atoms with Crippen LogP contribution in [0.2, 0.25) is 0 Å². The van der Waals surface area contributed by atoms with Crippen molar-refractivity contribution >= 4 is 38.7 Å². The van der Waals surface area contributed by atoms with E-state index in [4.69, 9.17) is 9.52 Å². The van der Waals surface area contributed by atoms with Crippen molar-refractivity contribution in [2.75, 3.05) is 0 Å². The molecular weight excluding hydrogens is 500 g/mol. The van der Waals surface area contributed by atoms with Gasteiger partial charge in [0, 0.05) is 32.9 Å². The molecule has 170 valence electrons. The Morgan fingerprint density at radius 3 is 2.62 bits per heavy atom. The molecule has 0 saturated carbocycles. The molecule has 0 fully saturated rings. The molecule has 5 rings (SSSR count). The van der Waals surface area contributed by atoms with Crippen LogP contribution in [-0.2, 0) is 4.79 Å². The van der Waals surface area contributed by atoms with Crippen LogP contribution in [0, 0.1) is 0 Å². The van der Waals surface area contributed by atoms with E-state index in [1.807, 2.05) is 36.4 Å². The van der Waals surface area contributed by atoms with Crippen LogP contribution in [0.15, 0.2) is 85.7 Å². The number of fused-ring (bicyclic) bond motifs is 1. The van der Waals surface area contributed by atoms with E-state index in [0.717, 1.165) is 10.2 Å². The Labute approximate surface area is 202 Å². The van der Waals surface area contributed by atoms with E-state index in [0.29, 0.717) is 33.5 Å². The predicted molar refractivity (Wildman–Crippen MR) is 131 cm³/mol. The molecule has 8 nitrogen and oxygen atoms in total. The molecule has 4 aromatic rings. The Hall–Kier alpha value is -3.98. The van der Waals surface area contributed by atoms with Gasteiger partial charge in [-0.3, -0.25) is 4.79 Å². The molecule has 3 heterocycles. The maximum absolute atomic E-state index is 13.0. The first-order valence-corrected chi connectivity index (χ1v) is 11.3. The molecule has 0 radical (unpaired) electrons. The molecule has 1 aliphatic rings. The minimum absolute atomic E-state index is 0.206. The molecule has 0 saturated heterocycles. The number of amides is 2. The fourth-order valence-corrected chi connectivity index (χ4v) is 4.55. The normalized spacial score (nSPS) is 15.9. The van der Waals surface area contributed by atoms with Crippen molar-refractivity contribution in [1.82, 2.24) is 20.4 Å². The van der Waals surface area contributed by atoms with Crippen LogP contribution in [-0.4, -0.2) is 21.6 Å². The molecule has 2 amide bonds. The van der Waals surface area contributed by atoms with Crippen LogP contribution in [0.5, 0.6) is 0 Å². The van der Waals surface area contributed by atoms with Gasteiger partial charge in [0.25, 0.3) is 0 Å². The number of allylic oxidation sites excluding steroid dienone is 1. The van der Waals surface area contributed by atoms with Gasteiger partial charge in [-0.2, -0.15) is 5.10 Å². The van der Waals surface area contributed by atoms with E-state index in [2.05, 4.69) is 26.6 Å². The highest BCUT2D eigenvalue weighted by molar-refractivity contribution is 9.10. The molecule has 2 aromatic carbocycles. The standard InChI is InChI=1S/C25H19BrN4O4/c1-13-21(14(2)31)23(28-25(33)27-13)19-12-30(17-6-4-3-5-7-17)29-22(19)18-11-15-10-16(26)8-9-20(15)34-24(18)32/h3-12,23H,1-2H3,(H2,27,28,33). The highest BCUT2D eigenvalue weighted by atomic mass is 79.9. The minimum atomic E-state index is -0.795. The Morgan fingerprint density at radius 1 is 1.12 bits per heavy atom. The van der Waals surface area contributed by atoms with Gasteiger partial charge in [-0.15, -0.1) is 0 Å². The second kappa shape index (κ2) is 8.42. The van der Waals surface area contributed by atoms with E-state index in [9.17, 15) is 14.4 Å². The SMILES string of the molecule is CC(=O)C1=C(C)NC(=O)NC1c1cn(-c2ccccc2)nc1-c1cc2cc(Br)ccc2oc1=O. The smallest absolute Gasteiger partial charge is 0.345 e. The number of benzene rings is 2. The largest absolute Gasteiger partial charge is 0.422 e. The third kappa shape index (κ3) is 3.84. The third-order valence-corrected chi connectivity index (χ3v) is 6.17. The van der Waals surface area contributed by atoms with Gasteiger partial charge in [0.2, 0.25) is 0 Å². The van der Waals surface area contributed by atoms with Crippen LogP contribution < -0.4 is 16.3 Å². The number of aromatic nitrogens is 2. The molecule has 0 bridgehead atoms. The number of urea groups is 1. The minimum Gasteiger partial charge on any atom is -0.422 e. The fourth-order valence-electron chi connectivity index (χ4n) is 4.17. The molecule has 0 spiro atoms. The number of rotatable bonds is 4. The van der Waals surface area contributed by atoms with E-state index < -0.39 is 17.7 Å². The average molecular weight is 519 g/mol. The number of hydrogen-bond acceptors (Lipinski definition) is 5. The van der Waals surface area contributed by atoms with Crippen molar-refractivity contribution in [3.63, 3.8) is 0 Å². The van der Waals surface area contributed by atoms with Crippen LogP contribution in [0.4, 0.5) is 4.79 Å². The highest BCUT2D eigenvalue weighted by Crippen LogP contribution is 2.34. The molecule has 34 heavy (non-hydrogen) atoms. The molecule has 0 aliphatic carbocycles. The van der Waals surface area contributed by atoms with Crippen molar-refractivity contribution in [3.8, 4) is 16.9 Å². The summed E-state index contributed by atoms with van der Waals surface area (Å²) in [5, 5.41) is 10.9. The predicted octanol–water partition coefficient (Wildman–Crippen LogP) is 4.63. The molecule has 9 heteroatoms. The Bertz CT molecular complexity index is 1550. The second-order valence-corrected chi connectivity index (χ2v) is 8.88.